The van der Waals surface area contributed by atoms with Crippen molar-refractivity contribution < 1.29 is 9.13 Å². The average molecular weight is 340 g/mol. The van der Waals surface area contributed by atoms with Crippen molar-refractivity contribution in [3.8, 4) is 11.8 Å². The molecule has 0 bridgehead atoms. The van der Waals surface area contributed by atoms with Crippen molar-refractivity contribution in [2.45, 2.75) is 20.0 Å². The van der Waals surface area contributed by atoms with Crippen LogP contribution in [0.25, 0.3) is 0 Å². The third-order valence-corrected chi connectivity index (χ3v) is 3.55. The molecule has 0 saturated heterocycles. The minimum absolute atomic E-state index is 0.284. The molecule has 0 radical (unpaired) electrons. The number of hydrogen-bond donors (Lipinski definition) is 2. The topological polar surface area (TPSA) is 69.4 Å². The fraction of sp³-hybridized carbons (Fsp3) is 0.263. The zero-order valence-electron chi connectivity index (χ0n) is 14.3. The number of nitriles is 1. The highest BCUT2D eigenvalue weighted by Gasteiger charge is 2.05. The summed E-state index contributed by atoms with van der Waals surface area (Å²) in [7, 11) is 1.63. The molecule has 0 unspecified atom stereocenters. The summed E-state index contributed by atoms with van der Waals surface area (Å²) in [5.74, 6) is 0.994. The number of ether oxygens (including phenoxy) is 1. The maximum absolute atomic E-state index is 13.9. The monoisotopic (exact) mass is 340 g/mol. The number of halogens is 1. The Hall–Kier alpha value is -3.07. The second-order valence-electron chi connectivity index (χ2n) is 5.31. The van der Waals surface area contributed by atoms with Gasteiger partial charge in [-0.05, 0) is 36.8 Å². The summed E-state index contributed by atoms with van der Waals surface area (Å²) in [6, 6.07) is 14.0. The Morgan fingerprint density at radius 1 is 1.20 bits per heavy atom. The van der Waals surface area contributed by atoms with Crippen LogP contribution in [0.2, 0.25) is 0 Å². The first kappa shape index (κ1) is 18.3. The van der Waals surface area contributed by atoms with E-state index in [0.29, 0.717) is 30.2 Å². The quantitative estimate of drug-likeness (QED) is 0.627. The Morgan fingerprint density at radius 3 is 2.56 bits per heavy atom. The minimum atomic E-state index is -0.405. The van der Waals surface area contributed by atoms with E-state index in [-0.39, 0.29) is 6.54 Å². The number of guanidine groups is 1. The van der Waals surface area contributed by atoms with E-state index in [2.05, 4.69) is 15.6 Å². The SMILES string of the molecule is CCNC(=NCc1ccc(OC)cc1)NCc1ccc(C#N)cc1F. The molecule has 130 valence electrons. The molecule has 0 spiro atoms. The van der Waals surface area contributed by atoms with Crippen LogP contribution in [-0.4, -0.2) is 19.6 Å². The van der Waals surface area contributed by atoms with Crippen LogP contribution in [0.15, 0.2) is 47.5 Å². The zero-order valence-corrected chi connectivity index (χ0v) is 14.3. The highest BCUT2D eigenvalue weighted by atomic mass is 19.1. The molecule has 25 heavy (non-hydrogen) atoms. The van der Waals surface area contributed by atoms with Gasteiger partial charge in [0.2, 0.25) is 0 Å². The molecule has 0 heterocycles. The second-order valence-corrected chi connectivity index (χ2v) is 5.31. The van der Waals surface area contributed by atoms with Gasteiger partial charge >= 0.3 is 0 Å². The van der Waals surface area contributed by atoms with Crippen LogP contribution >= 0.6 is 0 Å². The van der Waals surface area contributed by atoms with E-state index < -0.39 is 5.82 Å². The van der Waals surface area contributed by atoms with E-state index in [9.17, 15) is 4.39 Å². The number of hydrogen-bond acceptors (Lipinski definition) is 3. The van der Waals surface area contributed by atoms with Gasteiger partial charge in [0.1, 0.15) is 11.6 Å². The molecule has 0 atom stereocenters. The maximum Gasteiger partial charge on any atom is 0.191 e. The van der Waals surface area contributed by atoms with Crippen LogP contribution in [-0.2, 0) is 13.1 Å². The van der Waals surface area contributed by atoms with Gasteiger partial charge in [-0.3, -0.25) is 0 Å². The summed E-state index contributed by atoms with van der Waals surface area (Å²) in [5.41, 5.74) is 1.83. The summed E-state index contributed by atoms with van der Waals surface area (Å²) in [5, 5.41) is 15.0. The lowest BCUT2D eigenvalue weighted by Crippen LogP contribution is -2.37. The van der Waals surface area contributed by atoms with Gasteiger partial charge in [-0.2, -0.15) is 5.26 Å². The molecule has 2 aromatic rings. The molecule has 2 rings (SSSR count). The molecule has 0 aliphatic carbocycles. The number of benzene rings is 2. The standard InChI is InChI=1S/C19H21FN4O/c1-3-22-19(23-12-14-5-8-17(25-2)9-6-14)24-13-16-7-4-15(11-21)10-18(16)20/h4-10H,3,12-13H2,1-2H3,(H2,22,23,24). The summed E-state index contributed by atoms with van der Waals surface area (Å²) in [6.45, 7) is 3.44. The highest BCUT2D eigenvalue weighted by Crippen LogP contribution is 2.12. The number of nitrogens with zero attached hydrogens (tertiary/aromatic N) is 2. The van der Waals surface area contributed by atoms with Crippen LogP contribution in [0, 0.1) is 17.1 Å². The number of aliphatic imine (C=N–C) groups is 1. The van der Waals surface area contributed by atoms with Gasteiger partial charge in [0.25, 0.3) is 0 Å². The van der Waals surface area contributed by atoms with Crippen molar-refractivity contribution in [3.63, 3.8) is 0 Å². The molecule has 0 aliphatic heterocycles. The summed E-state index contributed by atoms with van der Waals surface area (Å²) in [6.07, 6.45) is 0. The fourth-order valence-electron chi connectivity index (χ4n) is 2.18. The van der Waals surface area contributed by atoms with Crippen molar-refractivity contribution in [2.24, 2.45) is 4.99 Å². The largest absolute Gasteiger partial charge is 0.497 e. The van der Waals surface area contributed by atoms with Gasteiger partial charge in [-0.25, -0.2) is 9.38 Å². The Balaban J connectivity index is 2.00. The normalized spacial score (nSPS) is 10.9. The minimum Gasteiger partial charge on any atom is -0.497 e. The molecular weight excluding hydrogens is 319 g/mol. The Labute approximate surface area is 147 Å². The smallest absolute Gasteiger partial charge is 0.191 e. The first-order valence-electron chi connectivity index (χ1n) is 8.00. The van der Waals surface area contributed by atoms with E-state index >= 15 is 0 Å². The van der Waals surface area contributed by atoms with Crippen molar-refractivity contribution in [1.29, 1.82) is 5.26 Å². The fourth-order valence-corrected chi connectivity index (χ4v) is 2.18. The lowest BCUT2D eigenvalue weighted by molar-refractivity contribution is 0.414. The lowest BCUT2D eigenvalue weighted by atomic mass is 10.1. The van der Waals surface area contributed by atoms with Gasteiger partial charge in [-0.15, -0.1) is 0 Å². The van der Waals surface area contributed by atoms with E-state index in [1.807, 2.05) is 37.3 Å². The predicted molar refractivity (Wildman–Crippen MR) is 95.8 cm³/mol. The molecule has 0 amide bonds. The third-order valence-electron chi connectivity index (χ3n) is 3.55. The number of methoxy groups -OCH3 is 1. The van der Waals surface area contributed by atoms with Crippen molar-refractivity contribution in [2.75, 3.05) is 13.7 Å². The van der Waals surface area contributed by atoms with Gasteiger partial charge in [-0.1, -0.05) is 18.2 Å². The van der Waals surface area contributed by atoms with Crippen LogP contribution in [0.4, 0.5) is 4.39 Å². The number of rotatable bonds is 6. The van der Waals surface area contributed by atoms with E-state index in [1.165, 1.54) is 6.07 Å². The van der Waals surface area contributed by atoms with Gasteiger partial charge in [0.05, 0.1) is 25.3 Å². The van der Waals surface area contributed by atoms with Crippen molar-refractivity contribution >= 4 is 5.96 Å². The molecule has 2 aromatic carbocycles. The Kier molecular flexibility index (Phi) is 6.78. The van der Waals surface area contributed by atoms with Crippen LogP contribution in [0.1, 0.15) is 23.6 Å². The van der Waals surface area contributed by atoms with Crippen LogP contribution < -0.4 is 15.4 Å². The van der Waals surface area contributed by atoms with Gasteiger partial charge < -0.3 is 15.4 Å². The first-order valence-corrected chi connectivity index (χ1v) is 8.00. The molecule has 2 N–H and O–H groups in total. The zero-order chi connectivity index (χ0) is 18.1. The lowest BCUT2D eigenvalue weighted by Gasteiger charge is -2.12. The summed E-state index contributed by atoms with van der Waals surface area (Å²) >= 11 is 0. The van der Waals surface area contributed by atoms with Crippen molar-refractivity contribution in [1.82, 2.24) is 10.6 Å². The molecular formula is C19H21FN4O. The summed E-state index contributed by atoms with van der Waals surface area (Å²) in [4.78, 5) is 4.50. The summed E-state index contributed by atoms with van der Waals surface area (Å²) < 4.78 is 19.1. The number of nitrogens with one attached hydrogen (secondary N) is 2. The van der Waals surface area contributed by atoms with Gasteiger partial charge in [0, 0.05) is 18.7 Å². The average Bonchev–Trinajstić information content (AvgIpc) is 2.65. The molecule has 0 aromatic heterocycles. The molecule has 0 fully saturated rings. The Morgan fingerprint density at radius 2 is 1.96 bits per heavy atom. The van der Waals surface area contributed by atoms with Gasteiger partial charge in [0.15, 0.2) is 5.96 Å². The highest BCUT2D eigenvalue weighted by molar-refractivity contribution is 5.79. The first-order chi connectivity index (χ1) is 12.2. The van der Waals surface area contributed by atoms with E-state index in [0.717, 1.165) is 11.3 Å². The third kappa shape index (κ3) is 5.50. The molecule has 0 saturated carbocycles. The molecule has 6 heteroatoms. The predicted octanol–water partition coefficient (Wildman–Crippen LogP) is 2.96. The Bertz CT molecular complexity index is 766. The van der Waals surface area contributed by atoms with Crippen molar-refractivity contribution in [3.05, 3.63) is 65.0 Å². The molecule has 5 nitrogen and oxygen atoms in total. The second kappa shape index (κ2) is 9.28. The van der Waals surface area contributed by atoms with E-state index in [4.69, 9.17) is 10.00 Å². The van der Waals surface area contributed by atoms with E-state index in [1.54, 1.807) is 19.2 Å². The maximum atomic E-state index is 13.9. The van der Waals surface area contributed by atoms with Crippen LogP contribution in [0.5, 0.6) is 5.75 Å². The molecule has 0 aliphatic rings. The van der Waals surface area contributed by atoms with Crippen LogP contribution in [0.3, 0.4) is 0 Å².